The summed E-state index contributed by atoms with van der Waals surface area (Å²) in [6.45, 7) is 1.65. The maximum Gasteiger partial charge on any atom is 0.354 e. The Kier molecular flexibility index (Phi) is 4.17. The first-order chi connectivity index (χ1) is 8.93. The third-order valence-electron chi connectivity index (χ3n) is 3.20. The molecule has 1 aromatic heterocycles. The van der Waals surface area contributed by atoms with Gasteiger partial charge in [-0.15, -0.1) is 0 Å². The average molecular weight is 307 g/mol. The van der Waals surface area contributed by atoms with Gasteiger partial charge in [-0.3, -0.25) is 0 Å². The quantitative estimate of drug-likeness (QED) is 0.669. The van der Waals surface area contributed by atoms with Gasteiger partial charge in [0.2, 0.25) is 0 Å². The number of esters is 1. The molecule has 0 radical (unpaired) electrons. The first kappa shape index (κ1) is 14.4. The molecule has 0 spiro atoms. The van der Waals surface area contributed by atoms with E-state index >= 15 is 0 Å². The topological polar surface area (TPSA) is 77.4 Å². The molecule has 0 atom stereocenters. The third-order valence-corrected chi connectivity index (χ3v) is 4.52. The van der Waals surface area contributed by atoms with Crippen molar-refractivity contribution in [2.24, 2.45) is 0 Å². The Bertz CT molecular complexity index is 576. The van der Waals surface area contributed by atoms with Crippen LogP contribution >= 0.6 is 10.7 Å². The van der Waals surface area contributed by atoms with Crippen LogP contribution in [0, 0.1) is 0 Å². The van der Waals surface area contributed by atoms with E-state index in [1.54, 1.807) is 4.57 Å². The maximum atomic E-state index is 11.7. The van der Waals surface area contributed by atoms with Crippen LogP contribution in [0.15, 0.2) is 17.2 Å². The molecular formula is C11H15ClN2O4S. The van der Waals surface area contributed by atoms with Crippen LogP contribution in [0.4, 0.5) is 0 Å². The van der Waals surface area contributed by atoms with E-state index in [9.17, 15) is 13.2 Å². The maximum absolute atomic E-state index is 11.7. The van der Waals surface area contributed by atoms with Crippen molar-refractivity contribution in [3.05, 3.63) is 18.0 Å². The Labute approximate surface area is 116 Å². The van der Waals surface area contributed by atoms with E-state index in [2.05, 4.69) is 10.1 Å². The molecule has 1 saturated heterocycles. The van der Waals surface area contributed by atoms with Gasteiger partial charge in [-0.05, 0) is 32.0 Å². The summed E-state index contributed by atoms with van der Waals surface area (Å²) in [5.74, 6) is -0.565. The summed E-state index contributed by atoms with van der Waals surface area (Å²) in [5.41, 5.74) is 0.216. The standard InChI is InChI=1S/C11H15ClN2O4S/c1-18-11(15)10-6-9(19(12,16)17)7-14(10)8-2-4-13-5-3-8/h6-8,13H,2-5H2,1H3. The van der Waals surface area contributed by atoms with Gasteiger partial charge in [0.1, 0.15) is 10.6 Å². The number of methoxy groups -OCH3 is 1. The smallest absolute Gasteiger partial charge is 0.354 e. The van der Waals surface area contributed by atoms with Crippen molar-refractivity contribution in [2.45, 2.75) is 23.8 Å². The van der Waals surface area contributed by atoms with Gasteiger partial charge in [-0.2, -0.15) is 0 Å². The van der Waals surface area contributed by atoms with Crippen LogP contribution < -0.4 is 5.32 Å². The molecule has 1 N–H and O–H groups in total. The number of nitrogens with one attached hydrogen (secondary N) is 1. The lowest BCUT2D eigenvalue weighted by molar-refractivity contribution is 0.0584. The van der Waals surface area contributed by atoms with Gasteiger partial charge >= 0.3 is 5.97 Å². The van der Waals surface area contributed by atoms with E-state index < -0.39 is 15.0 Å². The predicted molar refractivity (Wildman–Crippen MR) is 70.0 cm³/mol. The Morgan fingerprint density at radius 1 is 1.47 bits per heavy atom. The number of nitrogens with zero attached hydrogens (tertiary/aromatic N) is 1. The highest BCUT2D eigenvalue weighted by molar-refractivity contribution is 8.13. The number of halogens is 1. The van der Waals surface area contributed by atoms with E-state index in [1.165, 1.54) is 19.4 Å². The van der Waals surface area contributed by atoms with Gasteiger partial charge in [0.25, 0.3) is 9.05 Å². The van der Waals surface area contributed by atoms with Crippen LogP contribution in [0.3, 0.4) is 0 Å². The number of ether oxygens (including phenoxy) is 1. The fraction of sp³-hybridized carbons (Fsp3) is 0.545. The van der Waals surface area contributed by atoms with E-state index in [0.29, 0.717) is 0 Å². The number of hydrogen-bond donors (Lipinski definition) is 1. The Balaban J connectivity index is 2.44. The largest absolute Gasteiger partial charge is 0.464 e. The van der Waals surface area contributed by atoms with Gasteiger partial charge in [-0.1, -0.05) is 0 Å². The molecule has 2 rings (SSSR count). The highest BCUT2D eigenvalue weighted by atomic mass is 35.7. The molecular weight excluding hydrogens is 292 g/mol. The van der Waals surface area contributed by atoms with Crippen molar-refractivity contribution in [1.82, 2.24) is 9.88 Å². The van der Waals surface area contributed by atoms with Crippen LogP contribution in [0.1, 0.15) is 29.4 Å². The second-order valence-electron chi connectivity index (χ2n) is 4.38. The summed E-state index contributed by atoms with van der Waals surface area (Å²) in [4.78, 5) is 11.6. The lowest BCUT2D eigenvalue weighted by atomic mass is 10.1. The van der Waals surface area contributed by atoms with Crippen LogP contribution in [-0.2, 0) is 13.8 Å². The summed E-state index contributed by atoms with van der Waals surface area (Å²) < 4.78 is 29.1. The fourth-order valence-corrected chi connectivity index (χ4v) is 2.99. The number of rotatable bonds is 3. The average Bonchev–Trinajstić information content (AvgIpc) is 2.83. The fourth-order valence-electron chi connectivity index (χ4n) is 2.24. The Morgan fingerprint density at radius 2 is 2.11 bits per heavy atom. The summed E-state index contributed by atoms with van der Waals surface area (Å²) in [6, 6.07) is 1.33. The van der Waals surface area contributed by atoms with E-state index in [1.807, 2.05) is 0 Å². The third kappa shape index (κ3) is 3.10. The number of piperidine rings is 1. The molecule has 1 fully saturated rings. The molecule has 0 amide bonds. The zero-order valence-electron chi connectivity index (χ0n) is 10.4. The summed E-state index contributed by atoms with van der Waals surface area (Å²) in [5, 5.41) is 3.21. The molecule has 0 aliphatic carbocycles. The van der Waals surface area contributed by atoms with Crippen LogP contribution in [-0.4, -0.2) is 39.2 Å². The minimum absolute atomic E-state index is 0.0718. The minimum Gasteiger partial charge on any atom is -0.464 e. The van der Waals surface area contributed by atoms with Crippen molar-refractivity contribution >= 4 is 25.7 Å². The highest BCUT2D eigenvalue weighted by Gasteiger charge is 2.25. The van der Waals surface area contributed by atoms with E-state index in [-0.39, 0.29) is 16.6 Å². The minimum atomic E-state index is -3.86. The molecule has 0 saturated carbocycles. The Morgan fingerprint density at radius 3 is 2.63 bits per heavy atom. The molecule has 8 heteroatoms. The first-order valence-corrected chi connectivity index (χ1v) is 8.20. The van der Waals surface area contributed by atoms with Crippen molar-refractivity contribution in [1.29, 1.82) is 0 Å². The zero-order chi connectivity index (χ0) is 14.0. The number of carbonyl (C=O) groups is 1. The van der Waals surface area contributed by atoms with E-state index in [0.717, 1.165) is 25.9 Å². The number of hydrogen-bond acceptors (Lipinski definition) is 5. The second-order valence-corrected chi connectivity index (χ2v) is 6.94. The van der Waals surface area contributed by atoms with Gasteiger partial charge in [0, 0.05) is 22.9 Å². The first-order valence-electron chi connectivity index (χ1n) is 5.89. The number of carbonyl (C=O) groups excluding carboxylic acids is 1. The lowest BCUT2D eigenvalue weighted by Crippen LogP contribution is -2.30. The molecule has 0 bridgehead atoms. The van der Waals surface area contributed by atoms with Gasteiger partial charge < -0.3 is 14.6 Å². The molecule has 0 aromatic carbocycles. The van der Waals surface area contributed by atoms with Crippen LogP contribution in [0.5, 0.6) is 0 Å². The van der Waals surface area contributed by atoms with Crippen molar-refractivity contribution in [2.75, 3.05) is 20.2 Å². The van der Waals surface area contributed by atoms with Crippen LogP contribution in [0.2, 0.25) is 0 Å². The van der Waals surface area contributed by atoms with Gasteiger partial charge in [0.15, 0.2) is 0 Å². The van der Waals surface area contributed by atoms with Gasteiger partial charge in [0.05, 0.1) is 7.11 Å². The van der Waals surface area contributed by atoms with Crippen LogP contribution in [0.25, 0.3) is 0 Å². The molecule has 19 heavy (non-hydrogen) atoms. The molecule has 1 aliphatic heterocycles. The SMILES string of the molecule is COC(=O)c1cc(S(=O)(=O)Cl)cn1C1CCNCC1. The van der Waals surface area contributed by atoms with Crippen molar-refractivity contribution in [3.63, 3.8) is 0 Å². The molecule has 106 valence electrons. The molecule has 1 aliphatic rings. The summed E-state index contributed by atoms with van der Waals surface area (Å²) in [7, 11) is 2.73. The molecule has 2 heterocycles. The van der Waals surface area contributed by atoms with Crippen molar-refractivity contribution < 1.29 is 17.9 Å². The predicted octanol–water partition coefficient (Wildman–Crippen LogP) is 1.13. The lowest BCUT2D eigenvalue weighted by Gasteiger charge is -2.25. The Hall–Kier alpha value is -1.05. The molecule has 0 unspecified atom stereocenters. The number of aromatic nitrogens is 1. The molecule has 6 nitrogen and oxygen atoms in total. The second kappa shape index (κ2) is 5.52. The normalized spacial score (nSPS) is 17.4. The van der Waals surface area contributed by atoms with Crippen molar-refractivity contribution in [3.8, 4) is 0 Å². The summed E-state index contributed by atoms with van der Waals surface area (Å²) >= 11 is 0. The van der Waals surface area contributed by atoms with Gasteiger partial charge in [-0.25, -0.2) is 13.2 Å². The monoisotopic (exact) mass is 306 g/mol. The summed E-state index contributed by atoms with van der Waals surface area (Å²) in [6.07, 6.45) is 3.05. The molecule has 1 aromatic rings. The van der Waals surface area contributed by atoms with E-state index in [4.69, 9.17) is 10.7 Å². The highest BCUT2D eigenvalue weighted by Crippen LogP contribution is 2.26. The zero-order valence-corrected chi connectivity index (χ0v) is 12.0.